The third kappa shape index (κ3) is 3.08. The molecule has 1 unspecified atom stereocenters. The summed E-state index contributed by atoms with van der Waals surface area (Å²) in [4.78, 5) is 0. The Morgan fingerprint density at radius 2 is 2.53 bits per heavy atom. The van der Waals surface area contributed by atoms with Crippen molar-refractivity contribution in [1.82, 2.24) is 10.6 Å². The van der Waals surface area contributed by atoms with Crippen molar-refractivity contribution in [2.24, 2.45) is 0 Å². The molecule has 84 valence electrons. The zero-order chi connectivity index (χ0) is 10.5. The molecule has 1 aromatic heterocycles. The maximum absolute atomic E-state index is 5.35. The van der Waals surface area contributed by atoms with Crippen molar-refractivity contribution in [1.29, 1.82) is 0 Å². The molecule has 0 aliphatic carbocycles. The molecule has 2 rings (SSSR count). The van der Waals surface area contributed by atoms with Crippen LogP contribution in [0, 0.1) is 0 Å². The predicted octanol–water partition coefficient (Wildman–Crippen LogP) is 2.07. The van der Waals surface area contributed by atoms with Gasteiger partial charge in [0.05, 0.1) is 12.3 Å². The van der Waals surface area contributed by atoms with Gasteiger partial charge in [0.25, 0.3) is 0 Å². The Hall–Kier alpha value is -0.800. The number of piperidine rings is 1. The molecule has 2 heterocycles. The molecule has 0 aromatic carbocycles. The highest BCUT2D eigenvalue weighted by Crippen LogP contribution is 2.13. The van der Waals surface area contributed by atoms with Gasteiger partial charge in [0, 0.05) is 12.6 Å². The first-order valence-electron chi connectivity index (χ1n) is 5.86. The second-order valence-corrected chi connectivity index (χ2v) is 4.29. The van der Waals surface area contributed by atoms with Crippen LogP contribution in [-0.2, 0) is 0 Å². The molecule has 3 nitrogen and oxygen atoms in total. The smallest absolute Gasteiger partial charge is 0.120 e. The lowest BCUT2D eigenvalue weighted by molar-refractivity contribution is 0.355. The Balaban J connectivity index is 1.73. The van der Waals surface area contributed by atoms with E-state index in [1.165, 1.54) is 25.8 Å². The molecular formula is C12H20N2O. The molecule has 1 aliphatic heterocycles. The Morgan fingerprint density at radius 1 is 1.60 bits per heavy atom. The van der Waals surface area contributed by atoms with E-state index >= 15 is 0 Å². The summed E-state index contributed by atoms with van der Waals surface area (Å²) in [6, 6.07) is 4.90. The quantitative estimate of drug-likeness (QED) is 0.795. The normalized spacial score (nSPS) is 23.9. The van der Waals surface area contributed by atoms with Crippen molar-refractivity contribution in [2.45, 2.75) is 38.3 Å². The fraction of sp³-hybridized carbons (Fsp3) is 0.667. The molecule has 1 fully saturated rings. The third-order valence-corrected chi connectivity index (χ3v) is 3.05. The monoisotopic (exact) mass is 208 g/mol. The lowest BCUT2D eigenvalue weighted by Crippen LogP contribution is -2.42. The number of nitrogens with one attached hydrogen (secondary N) is 2. The van der Waals surface area contributed by atoms with E-state index in [1.807, 2.05) is 12.1 Å². The zero-order valence-electron chi connectivity index (χ0n) is 9.33. The molecule has 2 atom stereocenters. The molecule has 15 heavy (non-hydrogen) atoms. The third-order valence-electron chi connectivity index (χ3n) is 3.05. The Labute approximate surface area is 91.2 Å². The molecule has 1 aliphatic rings. The van der Waals surface area contributed by atoms with Crippen LogP contribution in [0.2, 0.25) is 0 Å². The molecule has 1 saturated heterocycles. The van der Waals surface area contributed by atoms with Gasteiger partial charge in [-0.25, -0.2) is 0 Å². The van der Waals surface area contributed by atoms with E-state index in [9.17, 15) is 0 Å². The fourth-order valence-electron chi connectivity index (χ4n) is 2.06. The van der Waals surface area contributed by atoms with E-state index in [1.54, 1.807) is 6.26 Å². The molecular weight excluding hydrogens is 188 g/mol. The standard InChI is InChI=1S/C12H20N2O/c1-10(12-6-4-8-15-12)14-9-11-5-2-3-7-13-11/h4,6,8,10-11,13-14H,2-3,5,7,9H2,1H3/t10-,11?/m1/s1. The van der Waals surface area contributed by atoms with Crippen LogP contribution in [0.3, 0.4) is 0 Å². The molecule has 1 aromatic rings. The first-order chi connectivity index (χ1) is 7.36. The SMILES string of the molecule is C[C@@H](NCC1CCCCN1)c1ccco1. The lowest BCUT2D eigenvalue weighted by atomic mass is 10.0. The minimum absolute atomic E-state index is 0.309. The zero-order valence-corrected chi connectivity index (χ0v) is 9.33. The van der Waals surface area contributed by atoms with Gasteiger partial charge in [-0.2, -0.15) is 0 Å². The fourth-order valence-corrected chi connectivity index (χ4v) is 2.06. The summed E-state index contributed by atoms with van der Waals surface area (Å²) < 4.78 is 5.35. The van der Waals surface area contributed by atoms with E-state index in [0.29, 0.717) is 12.1 Å². The van der Waals surface area contributed by atoms with Gasteiger partial charge in [-0.3, -0.25) is 0 Å². The Bertz CT molecular complexity index is 265. The van der Waals surface area contributed by atoms with Gasteiger partial charge >= 0.3 is 0 Å². The van der Waals surface area contributed by atoms with Crippen LogP contribution in [0.4, 0.5) is 0 Å². The number of hydrogen-bond donors (Lipinski definition) is 2. The molecule has 2 N–H and O–H groups in total. The molecule has 0 spiro atoms. The summed E-state index contributed by atoms with van der Waals surface area (Å²) in [5, 5.41) is 7.03. The van der Waals surface area contributed by atoms with Crippen LogP contribution in [0.5, 0.6) is 0 Å². The van der Waals surface area contributed by atoms with Crippen LogP contribution >= 0.6 is 0 Å². The highest BCUT2D eigenvalue weighted by Gasteiger charge is 2.14. The van der Waals surface area contributed by atoms with Crippen molar-refractivity contribution < 1.29 is 4.42 Å². The lowest BCUT2D eigenvalue weighted by Gasteiger charge is -2.25. The number of hydrogen-bond acceptors (Lipinski definition) is 3. The van der Waals surface area contributed by atoms with Gasteiger partial charge < -0.3 is 15.1 Å². The van der Waals surface area contributed by atoms with E-state index < -0.39 is 0 Å². The minimum atomic E-state index is 0.309. The average Bonchev–Trinajstić information content (AvgIpc) is 2.81. The summed E-state index contributed by atoms with van der Waals surface area (Å²) in [5.74, 6) is 1.02. The minimum Gasteiger partial charge on any atom is -0.468 e. The van der Waals surface area contributed by atoms with Crippen LogP contribution < -0.4 is 10.6 Å². The average molecular weight is 208 g/mol. The van der Waals surface area contributed by atoms with Gasteiger partial charge in [0.1, 0.15) is 5.76 Å². The second kappa shape index (κ2) is 5.33. The van der Waals surface area contributed by atoms with E-state index in [4.69, 9.17) is 4.42 Å². The van der Waals surface area contributed by atoms with Crippen molar-refractivity contribution in [3.63, 3.8) is 0 Å². The topological polar surface area (TPSA) is 37.2 Å². The molecule has 0 radical (unpaired) electrons. The van der Waals surface area contributed by atoms with Crippen LogP contribution in [-0.4, -0.2) is 19.1 Å². The van der Waals surface area contributed by atoms with Crippen LogP contribution in [0.1, 0.15) is 38.0 Å². The predicted molar refractivity (Wildman–Crippen MR) is 60.8 cm³/mol. The van der Waals surface area contributed by atoms with Gasteiger partial charge in [0.2, 0.25) is 0 Å². The van der Waals surface area contributed by atoms with Gasteiger partial charge in [-0.05, 0) is 38.4 Å². The summed E-state index contributed by atoms with van der Waals surface area (Å²) >= 11 is 0. The van der Waals surface area contributed by atoms with E-state index in [0.717, 1.165) is 12.3 Å². The van der Waals surface area contributed by atoms with Gasteiger partial charge in [0.15, 0.2) is 0 Å². The number of rotatable bonds is 4. The maximum Gasteiger partial charge on any atom is 0.120 e. The molecule has 3 heteroatoms. The second-order valence-electron chi connectivity index (χ2n) is 4.29. The highest BCUT2D eigenvalue weighted by atomic mass is 16.3. The Morgan fingerprint density at radius 3 is 3.20 bits per heavy atom. The van der Waals surface area contributed by atoms with Crippen molar-refractivity contribution in [2.75, 3.05) is 13.1 Å². The van der Waals surface area contributed by atoms with Crippen LogP contribution in [0.15, 0.2) is 22.8 Å². The summed E-state index contributed by atoms with van der Waals surface area (Å²) in [7, 11) is 0. The summed E-state index contributed by atoms with van der Waals surface area (Å²) in [6.45, 7) is 4.34. The van der Waals surface area contributed by atoms with Crippen molar-refractivity contribution >= 4 is 0 Å². The summed E-state index contributed by atoms with van der Waals surface area (Å²) in [6.07, 6.45) is 5.70. The maximum atomic E-state index is 5.35. The van der Waals surface area contributed by atoms with Gasteiger partial charge in [-0.15, -0.1) is 0 Å². The first-order valence-corrected chi connectivity index (χ1v) is 5.86. The van der Waals surface area contributed by atoms with Gasteiger partial charge in [-0.1, -0.05) is 6.42 Å². The molecule has 0 bridgehead atoms. The molecule has 0 saturated carbocycles. The highest BCUT2D eigenvalue weighted by molar-refractivity contribution is 5.03. The summed E-state index contributed by atoms with van der Waals surface area (Å²) in [5.41, 5.74) is 0. The Kier molecular flexibility index (Phi) is 3.80. The molecule has 0 amide bonds. The van der Waals surface area contributed by atoms with E-state index in [2.05, 4.69) is 17.6 Å². The van der Waals surface area contributed by atoms with Crippen molar-refractivity contribution in [3.05, 3.63) is 24.2 Å². The first kappa shape index (κ1) is 10.7. The van der Waals surface area contributed by atoms with Crippen LogP contribution in [0.25, 0.3) is 0 Å². The van der Waals surface area contributed by atoms with E-state index in [-0.39, 0.29) is 0 Å². The number of furan rings is 1. The van der Waals surface area contributed by atoms with Crippen molar-refractivity contribution in [3.8, 4) is 0 Å². The largest absolute Gasteiger partial charge is 0.468 e.